The summed E-state index contributed by atoms with van der Waals surface area (Å²) >= 11 is 13.4. The van der Waals surface area contributed by atoms with Gasteiger partial charge >= 0.3 is 0 Å². The third-order valence-corrected chi connectivity index (χ3v) is 5.17. The minimum absolute atomic E-state index is 0.0643. The quantitative estimate of drug-likeness (QED) is 0.598. The summed E-state index contributed by atoms with van der Waals surface area (Å²) in [5, 5.41) is 4.34. The number of thiazole rings is 1. The first-order chi connectivity index (χ1) is 12.5. The molecule has 134 valence electrons. The third-order valence-electron chi connectivity index (χ3n) is 3.52. The van der Waals surface area contributed by atoms with Crippen LogP contribution in [-0.4, -0.2) is 17.5 Å². The molecule has 0 fully saturated rings. The predicted octanol–water partition coefficient (Wildman–Crippen LogP) is 5.37. The highest BCUT2D eigenvalue weighted by molar-refractivity contribution is 7.15. The Morgan fingerprint density at radius 1 is 1.19 bits per heavy atom. The maximum atomic E-state index is 12.0. The minimum atomic E-state index is -0.248. The van der Waals surface area contributed by atoms with Crippen molar-refractivity contribution in [2.75, 3.05) is 11.9 Å². The number of benzene rings is 2. The van der Waals surface area contributed by atoms with Crippen LogP contribution < -0.4 is 10.1 Å². The molecular weight excluding hydrogens is 391 g/mol. The van der Waals surface area contributed by atoms with Crippen molar-refractivity contribution >= 4 is 45.6 Å². The van der Waals surface area contributed by atoms with Crippen LogP contribution in [0.5, 0.6) is 5.75 Å². The number of carbonyl (C=O) groups is 1. The first-order valence-electron chi connectivity index (χ1n) is 7.87. The Labute approximate surface area is 165 Å². The fourth-order valence-electron chi connectivity index (χ4n) is 2.31. The van der Waals surface area contributed by atoms with E-state index in [9.17, 15) is 4.79 Å². The molecular formula is C19H16Cl2N2O2S. The monoisotopic (exact) mass is 406 g/mol. The van der Waals surface area contributed by atoms with Crippen molar-refractivity contribution in [2.45, 2.75) is 13.3 Å². The maximum Gasteiger partial charge on any atom is 0.264 e. The van der Waals surface area contributed by atoms with Crippen molar-refractivity contribution < 1.29 is 9.53 Å². The lowest BCUT2D eigenvalue weighted by Gasteiger charge is -2.06. The van der Waals surface area contributed by atoms with Crippen LogP contribution in [0.3, 0.4) is 0 Å². The average molecular weight is 407 g/mol. The fourth-order valence-corrected chi connectivity index (χ4v) is 3.49. The highest BCUT2D eigenvalue weighted by atomic mass is 35.5. The molecule has 0 saturated carbocycles. The van der Waals surface area contributed by atoms with Gasteiger partial charge in [0, 0.05) is 17.5 Å². The smallest absolute Gasteiger partial charge is 0.264 e. The number of amides is 1. The Morgan fingerprint density at radius 2 is 2.04 bits per heavy atom. The molecule has 7 heteroatoms. The van der Waals surface area contributed by atoms with Gasteiger partial charge in [-0.25, -0.2) is 4.98 Å². The van der Waals surface area contributed by atoms with E-state index in [1.54, 1.807) is 12.3 Å². The van der Waals surface area contributed by atoms with E-state index in [4.69, 9.17) is 27.9 Å². The van der Waals surface area contributed by atoms with E-state index in [0.29, 0.717) is 27.3 Å². The van der Waals surface area contributed by atoms with Gasteiger partial charge in [0.25, 0.3) is 5.91 Å². The van der Waals surface area contributed by atoms with Crippen molar-refractivity contribution in [3.63, 3.8) is 0 Å². The number of aromatic nitrogens is 1. The van der Waals surface area contributed by atoms with E-state index in [0.717, 1.165) is 16.0 Å². The number of aryl methyl sites for hydroxylation is 1. The van der Waals surface area contributed by atoms with E-state index in [-0.39, 0.29) is 12.5 Å². The number of nitrogens with one attached hydrogen (secondary N) is 1. The summed E-state index contributed by atoms with van der Waals surface area (Å²) in [7, 11) is 0. The molecule has 0 bridgehead atoms. The number of halogens is 2. The van der Waals surface area contributed by atoms with Crippen molar-refractivity contribution in [2.24, 2.45) is 0 Å². The van der Waals surface area contributed by atoms with Gasteiger partial charge in [0.1, 0.15) is 5.75 Å². The summed E-state index contributed by atoms with van der Waals surface area (Å²) in [6.45, 7) is 1.91. The lowest BCUT2D eigenvalue weighted by Crippen LogP contribution is -2.19. The van der Waals surface area contributed by atoms with Crippen LogP contribution in [0.2, 0.25) is 10.0 Å². The number of rotatable bonds is 6. The normalized spacial score (nSPS) is 10.6. The third kappa shape index (κ3) is 5.21. The number of anilines is 1. The zero-order chi connectivity index (χ0) is 18.5. The van der Waals surface area contributed by atoms with Crippen LogP contribution in [0.4, 0.5) is 5.13 Å². The lowest BCUT2D eigenvalue weighted by atomic mass is 10.1. The van der Waals surface area contributed by atoms with E-state index >= 15 is 0 Å². The largest absolute Gasteiger partial charge is 0.484 e. The molecule has 0 atom stereocenters. The molecule has 0 aliphatic carbocycles. The summed E-state index contributed by atoms with van der Waals surface area (Å²) in [5.41, 5.74) is 2.11. The maximum absolute atomic E-state index is 12.0. The highest BCUT2D eigenvalue weighted by Crippen LogP contribution is 2.26. The molecule has 3 rings (SSSR count). The van der Waals surface area contributed by atoms with Gasteiger partial charge in [0.15, 0.2) is 11.7 Å². The topological polar surface area (TPSA) is 51.2 Å². The van der Waals surface area contributed by atoms with E-state index in [1.807, 2.05) is 43.3 Å². The van der Waals surface area contributed by atoms with Crippen LogP contribution in [-0.2, 0) is 11.2 Å². The summed E-state index contributed by atoms with van der Waals surface area (Å²) in [4.78, 5) is 17.3. The summed E-state index contributed by atoms with van der Waals surface area (Å²) in [6, 6.07) is 13.1. The molecule has 0 spiro atoms. The Balaban J connectivity index is 1.54. The van der Waals surface area contributed by atoms with Gasteiger partial charge in [-0.2, -0.15) is 0 Å². The Bertz CT molecular complexity index is 927. The van der Waals surface area contributed by atoms with Gasteiger partial charge in [-0.1, -0.05) is 41.4 Å². The summed E-state index contributed by atoms with van der Waals surface area (Å²) in [5.74, 6) is 0.418. The Morgan fingerprint density at radius 3 is 2.81 bits per heavy atom. The Kier molecular flexibility index (Phi) is 6.14. The van der Waals surface area contributed by atoms with Crippen LogP contribution in [0, 0.1) is 6.92 Å². The van der Waals surface area contributed by atoms with Gasteiger partial charge < -0.3 is 4.74 Å². The molecule has 1 aromatic heterocycles. The van der Waals surface area contributed by atoms with Crippen LogP contribution >= 0.6 is 34.5 Å². The zero-order valence-corrected chi connectivity index (χ0v) is 16.3. The number of carbonyl (C=O) groups excluding carboxylic acids is 1. The SMILES string of the molecule is Cc1cccc(OCC(=O)Nc2ncc(Cc3ccc(Cl)c(Cl)c3)s2)c1. The molecule has 0 aliphatic heterocycles. The first kappa shape index (κ1) is 18.7. The van der Waals surface area contributed by atoms with Gasteiger partial charge in [-0.3, -0.25) is 10.1 Å². The molecule has 1 amide bonds. The summed E-state index contributed by atoms with van der Waals surface area (Å²) in [6.07, 6.45) is 2.41. The van der Waals surface area contributed by atoms with E-state index in [2.05, 4.69) is 10.3 Å². The zero-order valence-electron chi connectivity index (χ0n) is 14.0. The standard InChI is InChI=1S/C19H16Cl2N2O2S/c1-12-3-2-4-14(7-12)25-11-18(24)23-19-22-10-15(26-19)8-13-5-6-16(20)17(21)9-13/h2-7,9-10H,8,11H2,1H3,(H,22,23,24). The van der Waals surface area contributed by atoms with Gasteiger partial charge in [-0.05, 0) is 42.3 Å². The molecule has 3 aromatic rings. The number of hydrogen-bond acceptors (Lipinski definition) is 4. The van der Waals surface area contributed by atoms with E-state index < -0.39 is 0 Å². The lowest BCUT2D eigenvalue weighted by molar-refractivity contribution is -0.118. The summed E-state index contributed by atoms with van der Waals surface area (Å²) < 4.78 is 5.49. The molecule has 0 saturated heterocycles. The second-order valence-corrected chi connectivity index (χ2v) is 7.64. The predicted molar refractivity (Wildman–Crippen MR) is 107 cm³/mol. The highest BCUT2D eigenvalue weighted by Gasteiger charge is 2.09. The van der Waals surface area contributed by atoms with Crippen LogP contribution in [0.1, 0.15) is 16.0 Å². The second kappa shape index (κ2) is 8.54. The fraction of sp³-hybridized carbons (Fsp3) is 0.158. The van der Waals surface area contributed by atoms with Gasteiger partial charge in [-0.15, -0.1) is 11.3 Å². The second-order valence-electron chi connectivity index (χ2n) is 5.71. The molecule has 4 nitrogen and oxygen atoms in total. The van der Waals surface area contributed by atoms with Gasteiger partial charge in [0.05, 0.1) is 10.0 Å². The number of ether oxygens (including phenoxy) is 1. The van der Waals surface area contributed by atoms with Crippen molar-refractivity contribution in [3.05, 3.63) is 74.7 Å². The molecule has 0 unspecified atom stereocenters. The molecule has 26 heavy (non-hydrogen) atoms. The molecule has 0 radical (unpaired) electrons. The van der Waals surface area contributed by atoms with Crippen molar-refractivity contribution in [3.8, 4) is 5.75 Å². The average Bonchev–Trinajstić information content (AvgIpc) is 3.03. The van der Waals surface area contributed by atoms with Gasteiger partial charge in [0.2, 0.25) is 0 Å². The number of hydrogen-bond donors (Lipinski definition) is 1. The minimum Gasteiger partial charge on any atom is -0.484 e. The van der Waals surface area contributed by atoms with Crippen LogP contribution in [0.15, 0.2) is 48.7 Å². The van der Waals surface area contributed by atoms with Crippen LogP contribution in [0.25, 0.3) is 0 Å². The molecule has 0 aliphatic rings. The Hall–Kier alpha value is -2.08. The number of nitrogens with zero attached hydrogens (tertiary/aromatic N) is 1. The first-order valence-corrected chi connectivity index (χ1v) is 9.45. The van der Waals surface area contributed by atoms with Crippen molar-refractivity contribution in [1.82, 2.24) is 4.98 Å². The van der Waals surface area contributed by atoms with E-state index in [1.165, 1.54) is 11.3 Å². The molecule has 1 N–H and O–H groups in total. The van der Waals surface area contributed by atoms with Crippen molar-refractivity contribution in [1.29, 1.82) is 0 Å². The molecule has 2 aromatic carbocycles. The molecule has 1 heterocycles.